The maximum atomic E-state index is 9.79. The fraction of sp³-hybridized carbons (Fsp3) is 0.438. The summed E-state index contributed by atoms with van der Waals surface area (Å²) in [5.41, 5.74) is 1.06. The average Bonchev–Trinajstić information content (AvgIpc) is 2.90. The van der Waals surface area contributed by atoms with Crippen molar-refractivity contribution in [1.29, 1.82) is 0 Å². The first-order valence-corrected chi connectivity index (χ1v) is 8.13. The van der Waals surface area contributed by atoms with Crippen LogP contribution in [-0.4, -0.2) is 54.5 Å². The first-order valence-electron chi connectivity index (χ1n) is 7.32. The normalized spacial score (nSPS) is 19.8. The van der Waals surface area contributed by atoms with Gasteiger partial charge in [-0.2, -0.15) is 0 Å². The van der Waals surface area contributed by atoms with E-state index in [4.69, 9.17) is 9.47 Å². The van der Waals surface area contributed by atoms with E-state index in [1.54, 1.807) is 18.4 Å². The van der Waals surface area contributed by atoms with E-state index in [9.17, 15) is 5.11 Å². The number of benzene rings is 1. The number of aliphatic hydroxyl groups excluding tert-OH is 1. The summed E-state index contributed by atoms with van der Waals surface area (Å²) in [6.45, 7) is 3.37. The molecule has 6 heteroatoms. The van der Waals surface area contributed by atoms with Crippen LogP contribution in [0.5, 0.6) is 5.75 Å². The van der Waals surface area contributed by atoms with E-state index in [-0.39, 0.29) is 0 Å². The van der Waals surface area contributed by atoms with Crippen molar-refractivity contribution in [2.24, 2.45) is 0 Å². The molecular formula is C16H20N2O3S. The van der Waals surface area contributed by atoms with Crippen LogP contribution in [0.1, 0.15) is 4.88 Å². The Kier molecular flexibility index (Phi) is 5.04. The van der Waals surface area contributed by atoms with Gasteiger partial charge in [-0.1, -0.05) is 12.1 Å². The number of aromatic nitrogens is 1. The van der Waals surface area contributed by atoms with Crippen molar-refractivity contribution in [3.05, 3.63) is 35.3 Å². The van der Waals surface area contributed by atoms with Gasteiger partial charge in [0.15, 0.2) is 0 Å². The smallest absolute Gasteiger partial charge is 0.123 e. The minimum atomic E-state index is -0.409. The van der Waals surface area contributed by atoms with Gasteiger partial charge in [-0.3, -0.25) is 4.90 Å². The van der Waals surface area contributed by atoms with E-state index in [0.717, 1.165) is 29.4 Å². The second-order valence-corrected chi connectivity index (χ2v) is 6.44. The monoisotopic (exact) mass is 320 g/mol. The van der Waals surface area contributed by atoms with Crippen molar-refractivity contribution < 1.29 is 14.6 Å². The van der Waals surface area contributed by atoms with Crippen molar-refractivity contribution in [1.82, 2.24) is 9.88 Å². The van der Waals surface area contributed by atoms with Crippen LogP contribution in [0.15, 0.2) is 30.5 Å². The second kappa shape index (κ2) is 7.19. The maximum absolute atomic E-state index is 9.79. The third-order valence-electron chi connectivity index (χ3n) is 3.58. The van der Waals surface area contributed by atoms with Crippen LogP contribution >= 0.6 is 11.3 Å². The van der Waals surface area contributed by atoms with Gasteiger partial charge in [-0.05, 0) is 12.1 Å². The van der Waals surface area contributed by atoms with E-state index < -0.39 is 6.10 Å². The van der Waals surface area contributed by atoms with Crippen molar-refractivity contribution in [3.63, 3.8) is 0 Å². The largest absolute Gasteiger partial charge is 0.497 e. The second-order valence-electron chi connectivity index (χ2n) is 5.33. The molecule has 0 amide bonds. The van der Waals surface area contributed by atoms with Gasteiger partial charge >= 0.3 is 0 Å². The third-order valence-corrected chi connectivity index (χ3v) is 4.61. The quantitative estimate of drug-likeness (QED) is 0.934. The van der Waals surface area contributed by atoms with Crippen molar-refractivity contribution >= 4 is 11.3 Å². The molecule has 0 saturated carbocycles. The van der Waals surface area contributed by atoms with Gasteiger partial charge in [0.2, 0.25) is 0 Å². The Hall–Kier alpha value is -1.47. The zero-order valence-corrected chi connectivity index (χ0v) is 13.4. The predicted molar refractivity (Wildman–Crippen MR) is 86.2 cm³/mol. The molecule has 5 nitrogen and oxygen atoms in total. The van der Waals surface area contributed by atoms with Crippen molar-refractivity contribution in [2.75, 3.05) is 33.4 Å². The molecule has 0 spiro atoms. The van der Waals surface area contributed by atoms with Crippen LogP contribution in [0.2, 0.25) is 0 Å². The molecule has 3 rings (SSSR count). The molecule has 2 heterocycles. The molecule has 2 aromatic rings. The molecule has 1 atom stereocenters. The van der Waals surface area contributed by atoms with Gasteiger partial charge < -0.3 is 14.6 Å². The van der Waals surface area contributed by atoms with E-state index in [1.165, 1.54) is 4.88 Å². The summed E-state index contributed by atoms with van der Waals surface area (Å²) >= 11 is 1.68. The fourth-order valence-electron chi connectivity index (χ4n) is 2.49. The molecule has 118 valence electrons. The number of ether oxygens (including phenoxy) is 2. The summed E-state index contributed by atoms with van der Waals surface area (Å²) in [7, 11) is 1.67. The van der Waals surface area contributed by atoms with E-state index in [0.29, 0.717) is 19.8 Å². The first-order chi connectivity index (χ1) is 10.7. The van der Waals surface area contributed by atoms with E-state index in [1.807, 2.05) is 30.5 Å². The topological polar surface area (TPSA) is 54.8 Å². The number of hydrogen-bond donors (Lipinski definition) is 1. The van der Waals surface area contributed by atoms with Crippen LogP contribution in [0, 0.1) is 0 Å². The Balaban J connectivity index is 1.70. The predicted octanol–water partition coefficient (Wildman–Crippen LogP) is 2.01. The molecule has 1 N–H and O–H groups in total. The third kappa shape index (κ3) is 3.84. The molecule has 1 saturated heterocycles. The number of rotatable bonds is 4. The molecule has 1 aliphatic heterocycles. The minimum absolute atomic E-state index is 0.409. The number of methoxy groups -OCH3 is 1. The maximum Gasteiger partial charge on any atom is 0.123 e. The zero-order valence-electron chi connectivity index (χ0n) is 12.6. The molecule has 1 aromatic heterocycles. The van der Waals surface area contributed by atoms with Gasteiger partial charge in [0.05, 0.1) is 26.4 Å². The number of β-amino-alcohol motifs (C(OH)–C–C–N with tert-alkyl or cyclic N) is 1. The number of thiazole rings is 1. The van der Waals surface area contributed by atoms with E-state index >= 15 is 0 Å². The summed E-state index contributed by atoms with van der Waals surface area (Å²) in [6, 6.07) is 7.93. The van der Waals surface area contributed by atoms with Crippen LogP contribution in [0.25, 0.3) is 10.6 Å². The van der Waals surface area contributed by atoms with Gasteiger partial charge in [0, 0.05) is 36.3 Å². The van der Waals surface area contributed by atoms with Gasteiger partial charge in [-0.15, -0.1) is 11.3 Å². The van der Waals surface area contributed by atoms with Crippen LogP contribution in [0.4, 0.5) is 0 Å². The number of aliphatic hydroxyl groups is 1. The molecule has 1 fully saturated rings. The Morgan fingerprint density at radius 1 is 1.50 bits per heavy atom. The molecule has 1 aliphatic rings. The summed E-state index contributed by atoms with van der Waals surface area (Å²) in [5.74, 6) is 0.835. The Bertz CT molecular complexity index is 617. The number of nitrogens with zero attached hydrogens (tertiary/aromatic N) is 2. The number of hydrogen-bond acceptors (Lipinski definition) is 6. The Morgan fingerprint density at radius 2 is 2.41 bits per heavy atom. The Labute approximate surface area is 134 Å². The van der Waals surface area contributed by atoms with Crippen molar-refractivity contribution in [3.8, 4) is 16.3 Å². The van der Waals surface area contributed by atoms with Crippen molar-refractivity contribution in [2.45, 2.75) is 12.6 Å². The van der Waals surface area contributed by atoms with E-state index in [2.05, 4.69) is 9.88 Å². The van der Waals surface area contributed by atoms with Crippen LogP contribution in [-0.2, 0) is 11.3 Å². The van der Waals surface area contributed by atoms with Gasteiger partial charge in [0.1, 0.15) is 10.8 Å². The van der Waals surface area contributed by atoms with Gasteiger partial charge in [0.25, 0.3) is 0 Å². The highest BCUT2D eigenvalue weighted by atomic mass is 32.1. The fourth-order valence-corrected chi connectivity index (χ4v) is 3.44. The summed E-state index contributed by atoms with van der Waals surface area (Å²) in [5, 5.41) is 10.8. The highest BCUT2D eigenvalue weighted by Gasteiger charge is 2.17. The molecule has 0 radical (unpaired) electrons. The van der Waals surface area contributed by atoms with Crippen LogP contribution in [0.3, 0.4) is 0 Å². The lowest BCUT2D eigenvalue weighted by molar-refractivity contribution is 0.0562. The molecular weight excluding hydrogens is 300 g/mol. The average molecular weight is 320 g/mol. The summed E-state index contributed by atoms with van der Waals surface area (Å²) in [6.07, 6.45) is 1.51. The molecule has 1 aromatic carbocycles. The van der Waals surface area contributed by atoms with Crippen LogP contribution < -0.4 is 4.74 Å². The Morgan fingerprint density at radius 3 is 3.27 bits per heavy atom. The lowest BCUT2D eigenvalue weighted by atomic mass is 10.2. The highest BCUT2D eigenvalue weighted by molar-refractivity contribution is 7.15. The van der Waals surface area contributed by atoms with Gasteiger partial charge in [-0.25, -0.2) is 4.98 Å². The minimum Gasteiger partial charge on any atom is -0.497 e. The standard InChI is InChI=1S/C16H20N2O3S/c1-20-14-4-2-3-12(7-14)16-17-8-15(22-16)10-18-5-6-21-11-13(19)9-18/h2-4,7-8,13,19H,5-6,9-11H2,1H3/t13-/m0/s1. The zero-order chi connectivity index (χ0) is 15.4. The molecule has 0 unspecified atom stereocenters. The SMILES string of the molecule is COc1cccc(-c2ncc(CN3CCOC[C@@H](O)C3)s2)c1. The first kappa shape index (κ1) is 15.4. The lowest BCUT2D eigenvalue weighted by Gasteiger charge is -2.19. The summed E-state index contributed by atoms with van der Waals surface area (Å²) < 4.78 is 10.6. The highest BCUT2D eigenvalue weighted by Crippen LogP contribution is 2.28. The molecule has 0 bridgehead atoms. The lowest BCUT2D eigenvalue weighted by Crippen LogP contribution is -2.31. The molecule has 22 heavy (non-hydrogen) atoms. The summed E-state index contributed by atoms with van der Waals surface area (Å²) in [4.78, 5) is 7.91. The molecule has 0 aliphatic carbocycles.